The molecule has 1 heterocycles. The minimum Gasteiger partial charge on any atom is -0.343 e. The van der Waals surface area contributed by atoms with Gasteiger partial charge in [-0.2, -0.15) is 0 Å². The second-order valence-corrected chi connectivity index (χ2v) is 5.65. The normalized spacial score (nSPS) is 25.4. The van der Waals surface area contributed by atoms with Gasteiger partial charge in [0.25, 0.3) is 0 Å². The first kappa shape index (κ1) is 16.0. The Balaban J connectivity index is 2.72. The van der Waals surface area contributed by atoms with Crippen LogP contribution in [0.25, 0.3) is 0 Å². The van der Waals surface area contributed by atoms with Crippen LogP contribution in [0.1, 0.15) is 59.8 Å². The van der Waals surface area contributed by atoms with Crippen molar-refractivity contribution in [1.29, 1.82) is 0 Å². The van der Waals surface area contributed by atoms with Gasteiger partial charge in [0.05, 0.1) is 0 Å². The van der Waals surface area contributed by atoms with Crippen molar-refractivity contribution in [2.75, 3.05) is 6.54 Å². The molecular formula is C15H28N2O2. The maximum atomic E-state index is 12.3. The highest BCUT2D eigenvalue weighted by Gasteiger charge is 2.40. The Bertz CT molecular complexity index is 317. The molecule has 1 saturated heterocycles. The van der Waals surface area contributed by atoms with E-state index >= 15 is 0 Å². The molecule has 3 unspecified atom stereocenters. The summed E-state index contributed by atoms with van der Waals surface area (Å²) in [7, 11) is 0. The average Bonchev–Trinajstić information content (AvgIpc) is 2.39. The first-order chi connectivity index (χ1) is 9.02. The molecule has 4 nitrogen and oxygen atoms in total. The number of carbonyl (C=O) groups is 2. The van der Waals surface area contributed by atoms with E-state index in [1.165, 1.54) is 12.8 Å². The van der Waals surface area contributed by atoms with Crippen LogP contribution in [0.3, 0.4) is 0 Å². The predicted molar refractivity (Wildman–Crippen MR) is 76.7 cm³/mol. The number of nitrogens with zero attached hydrogens (tertiary/aromatic N) is 1. The van der Waals surface area contributed by atoms with E-state index in [-0.39, 0.29) is 29.8 Å². The maximum Gasteiger partial charge on any atom is 0.245 e. The fraction of sp³-hybridized carbons (Fsp3) is 0.867. The zero-order valence-electron chi connectivity index (χ0n) is 12.7. The largest absolute Gasteiger partial charge is 0.343 e. The highest BCUT2D eigenvalue weighted by molar-refractivity contribution is 5.96. The predicted octanol–water partition coefficient (Wildman–Crippen LogP) is 2.33. The molecule has 0 aromatic heterocycles. The molecule has 110 valence electrons. The Labute approximate surface area is 116 Å². The zero-order valence-corrected chi connectivity index (χ0v) is 12.7. The van der Waals surface area contributed by atoms with Crippen LogP contribution in [-0.4, -0.2) is 35.3 Å². The highest BCUT2D eigenvalue weighted by Crippen LogP contribution is 2.20. The quantitative estimate of drug-likeness (QED) is 0.720. The van der Waals surface area contributed by atoms with Crippen molar-refractivity contribution in [3.05, 3.63) is 0 Å². The molecule has 1 aliphatic rings. The lowest BCUT2D eigenvalue weighted by Crippen LogP contribution is -2.64. The first-order valence-electron chi connectivity index (χ1n) is 7.63. The van der Waals surface area contributed by atoms with Crippen molar-refractivity contribution < 1.29 is 9.59 Å². The third-order valence-electron chi connectivity index (χ3n) is 4.05. The van der Waals surface area contributed by atoms with E-state index in [4.69, 9.17) is 0 Å². The monoisotopic (exact) mass is 268 g/mol. The van der Waals surface area contributed by atoms with Crippen molar-refractivity contribution >= 4 is 11.8 Å². The van der Waals surface area contributed by atoms with E-state index in [2.05, 4.69) is 19.2 Å². The van der Waals surface area contributed by atoms with Crippen LogP contribution in [-0.2, 0) is 9.59 Å². The molecule has 0 aromatic carbocycles. The summed E-state index contributed by atoms with van der Waals surface area (Å²) in [6.45, 7) is 8.77. The Morgan fingerprint density at radius 2 is 1.89 bits per heavy atom. The first-order valence-corrected chi connectivity index (χ1v) is 7.63. The van der Waals surface area contributed by atoms with Crippen molar-refractivity contribution in [1.82, 2.24) is 10.2 Å². The second kappa shape index (κ2) is 7.51. The van der Waals surface area contributed by atoms with E-state index < -0.39 is 0 Å². The van der Waals surface area contributed by atoms with Gasteiger partial charge in [0, 0.05) is 6.54 Å². The molecule has 1 N–H and O–H groups in total. The van der Waals surface area contributed by atoms with Crippen LogP contribution in [0.5, 0.6) is 0 Å². The summed E-state index contributed by atoms with van der Waals surface area (Å²) in [5.74, 6) is 0.293. The van der Waals surface area contributed by atoms with E-state index in [1.807, 2.05) is 11.8 Å². The van der Waals surface area contributed by atoms with Crippen LogP contribution >= 0.6 is 0 Å². The standard InChI is InChI=1S/C15H28N2O2/c1-5-7-8-9-10-17-13(11(3)6-2)14(18)16-12(4)15(17)19/h11-13H,5-10H2,1-4H3,(H,16,18). The van der Waals surface area contributed by atoms with Crippen molar-refractivity contribution in [3.63, 3.8) is 0 Å². The number of nitrogens with one attached hydrogen (secondary N) is 1. The van der Waals surface area contributed by atoms with E-state index in [0.29, 0.717) is 6.54 Å². The molecule has 19 heavy (non-hydrogen) atoms. The molecule has 0 aromatic rings. The molecule has 4 heteroatoms. The SMILES string of the molecule is CCCCCCN1C(=O)C(C)NC(=O)C1C(C)CC. The second-order valence-electron chi connectivity index (χ2n) is 5.65. The van der Waals surface area contributed by atoms with Crippen LogP contribution in [0.4, 0.5) is 0 Å². The number of hydrogen-bond acceptors (Lipinski definition) is 2. The molecular weight excluding hydrogens is 240 g/mol. The molecule has 1 fully saturated rings. The van der Waals surface area contributed by atoms with Crippen molar-refractivity contribution in [3.8, 4) is 0 Å². The lowest BCUT2D eigenvalue weighted by atomic mass is 9.93. The highest BCUT2D eigenvalue weighted by atomic mass is 16.2. The molecule has 2 amide bonds. The fourth-order valence-electron chi connectivity index (χ4n) is 2.63. The van der Waals surface area contributed by atoms with Gasteiger partial charge < -0.3 is 10.2 Å². The van der Waals surface area contributed by atoms with Gasteiger partial charge in [0.2, 0.25) is 11.8 Å². The summed E-state index contributed by atoms with van der Waals surface area (Å²) in [5, 5.41) is 2.80. The number of hydrogen-bond donors (Lipinski definition) is 1. The molecule has 0 aliphatic carbocycles. The minimum absolute atomic E-state index is 0.0111. The topological polar surface area (TPSA) is 49.4 Å². The van der Waals surface area contributed by atoms with Gasteiger partial charge >= 0.3 is 0 Å². The molecule has 0 saturated carbocycles. The maximum absolute atomic E-state index is 12.3. The molecule has 0 radical (unpaired) electrons. The number of rotatable bonds is 7. The number of piperazine rings is 1. The van der Waals surface area contributed by atoms with Crippen molar-refractivity contribution in [2.24, 2.45) is 5.92 Å². The van der Waals surface area contributed by atoms with Crippen LogP contribution in [0, 0.1) is 5.92 Å². The van der Waals surface area contributed by atoms with E-state index in [9.17, 15) is 9.59 Å². The Hall–Kier alpha value is -1.06. The molecule has 0 spiro atoms. The number of amides is 2. The number of carbonyl (C=O) groups excluding carboxylic acids is 2. The molecule has 1 aliphatic heterocycles. The molecule has 1 rings (SSSR count). The van der Waals surface area contributed by atoms with Crippen LogP contribution < -0.4 is 5.32 Å². The molecule has 3 atom stereocenters. The summed E-state index contributed by atoms with van der Waals surface area (Å²) in [6.07, 6.45) is 5.40. The lowest BCUT2D eigenvalue weighted by Gasteiger charge is -2.40. The van der Waals surface area contributed by atoms with Gasteiger partial charge in [-0.15, -0.1) is 0 Å². The lowest BCUT2D eigenvalue weighted by molar-refractivity contribution is -0.151. The van der Waals surface area contributed by atoms with Crippen LogP contribution in [0.15, 0.2) is 0 Å². The van der Waals surface area contributed by atoms with Gasteiger partial charge in [-0.05, 0) is 19.3 Å². The third-order valence-corrected chi connectivity index (χ3v) is 4.05. The van der Waals surface area contributed by atoms with Gasteiger partial charge in [-0.3, -0.25) is 9.59 Å². The van der Waals surface area contributed by atoms with Gasteiger partial charge in [-0.1, -0.05) is 46.5 Å². The van der Waals surface area contributed by atoms with Gasteiger partial charge in [0.1, 0.15) is 12.1 Å². The Morgan fingerprint density at radius 1 is 1.21 bits per heavy atom. The average molecular weight is 268 g/mol. The Morgan fingerprint density at radius 3 is 2.47 bits per heavy atom. The Kier molecular flexibility index (Phi) is 6.32. The molecule has 0 bridgehead atoms. The smallest absolute Gasteiger partial charge is 0.245 e. The van der Waals surface area contributed by atoms with E-state index in [1.54, 1.807) is 6.92 Å². The third kappa shape index (κ3) is 3.95. The van der Waals surface area contributed by atoms with E-state index in [0.717, 1.165) is 19.3 Å². The summed E-state index contributed by atoms with van der Waals surface area (Å²) in [6, 6.07) is -0.658. The summed E-state index contributed by atoms with van der Waals surface area (Å²) < 4.78 is 0. The minimum atomic E-state index is -0.376. The summed E-state index contributed by atoms with van der Waals surface area (Å²) in [4.78, 5) is 26.2. The van der Waals surface area contributed by atoms with Crippen LogP contribution in [0.2, 0.25) is 0 Å². The fourth-order valence-corrected chi connectivity index (χ4v) is 2.63. The van der Waals surface area contributed by atoms with Crippen molar-refractivity contribution in [2.45, 2.75) is 71.9 Å². The van der Waals surface area contributed by atoms with Gasteiger partial charge in [-0.25, -0.2) is 0 Å². The zero-order chi connectivity index (χ0) is 14.4. The summed E-state index contributed by atoms with van der Waals surface area (Å²) >= 11 is 0. The summed E-state index contributed by atoms with van der Waals surface area (Å²) in [5.41, 5.74) is 0. The number of unbranched alkanes of at least 4 members (excludes halogenated alkanes) is 3. The van der Waals surface area contributed by atoms with Gasteiger partial charge in [0.15, 0.2) is 0 Å².